The number of benzene rings is 2. The van der Waals surface area contributed by atoms with Crippen molar-refractivity contribution in [3.63, 3.8) is 0 Å². The third-order valence-electron chi connectivity index (χ3n) is 3.26. The summed E-state index contributed by atoms with van der Waals surface area (Å²) in [6, 6.07) is 18.0. The van der Waals surface area contributed by atoms with Gasteiger partial charge in [0.25, 0.3) is 0 Å². The maximum absolute atomic E-state index is 12.1. The second-order valence-electron chi connectivity index (χ2n) is 4.71. The topological polar surface area (TPSA) is 20.3 Å². The Morgan fingerprint density at radius 1 is 1.05 bits per heavy atom. The molecule has 0 unspecified atom stereocenters. The van der Waals surface area contributed by atoms with Gasteiger partial charge in [-0.3, -0.25) is 4.79 Å². The van der Waals surface area contributed by atoms with Crippen LogP contribution in [0, 0.1) is 6.92 Å². The Morgan fingerprint density at radius 2 is 1.70 bits per heavy atom. The van der Waals surface area contributed by atoms with Crippen molar-refractivity contribution < 1.29 is 4.79 Å². The first-order valence-corrected chi connectivity index (χ1v) is 7.78. The van der Waals surface area contributed by atoms with E-state index in [1.807, 2.05) is 49.5 Å². The van der Waals surface area contributed by atoms with Gasteiger partial charge in [-0.1, -0.05) is 42.5 Å². The van der Waals surface area contributed by atoms with Crippen LogP contribution in [0.2, 0.25) is 0 Å². The molecule has 0 aromatic heterocycles. The summed E-state index contributed by atoms with van der Waals surface area (Å²) < 4.78 is 0. The SMILES string of the molecule is Cc1ccccc1CSCC(=O)N(C)c1ccccc1. The van der Waals surface area contributed by atoms with Crippen LogP contribution in [0.4, 0.5) is 5.69 Å². The average molecular weight is 285 g/mol. The normalized spacial score (nSPS) is 10.3. The van der Waals surface area contributed by atoms with Crippen LogP contribution in [-0.2, 0) is 10.5 Å². The van der Waals surface area contributed by atoms with Crippen molar-refractivity contribution >= 4 is 23.4 Å². The number of rotatable bonds is 5. The summed E-state index contributed by atoms with van der Waals surface area (Å²) in [5, 5.41) is 0. The first-order valence-electron chi connectivity index (χ1n) is 6.62. The fourth-order valence-electron chi connectivity index (χ4n) is 1.91. The molecule has 2 rings (SSSR count). The molecule has 0 heterocycles. The molecule has 0 bridgehead atoms. The minimum Gasteiger partial charge on any atom is -0.315 e. The number of anilines is 1. The second kappa shape index (κ2) is 7.15. The van der Waals surface area contributed by atoms with E-state index in [9.17, 15) is 4.79 Å². The van der Waals surface area contributed by atoms with Gasteiger partial charge in [0.1, 0.15) is 0 Å². The molecule has 0 fully saturated rings. The van der Waals surface area contributed by atoms with Crippen molar-refractivity contribution in [3.8, 4) is 0 Å². The second-order valence-corrected chi connectivity index (χ2v) is 5.69. The first-order chi connectivity index (χ1) is 9.68. The van der Waals surface area contributed by atoms with E-state index in [2.05, 4.69) is 19.1 Å². The van der Waals surface area contributed by atoms with Gasteiger partial charge in [-0.25, -0.2) is 0 Å². The van der Waals surface area contributed by atoms with Gasteiger partial charge < -0.3 is 4.90 Å². The fraction of sp³-hybridized carbons (Fsp3) is 0.235. The highest BCUT2D eigenvalue weighted by Crippen LogP contribution is 2.18. The molecule has 0 aliphatic heterocycles. The summed E-state index contributed by atoms with van der Waals surface area (Å²) in [6.07, 6.45) is 0. The zero-order valence-corrected chi connectivity index (χ0v) is 12.7. The highest BCUT2D eigenvalue weighted by Gasteiger charge is 2.10. The molecule has 0 radical (unpaired) electrons. The van der Waals surface area contributed by atoms with Crippen LogP contribution in [0.25, 0.3) is 0 Å². The number of thioether (sulfide) groups is 1. The van der Waals surface area contributed by atoms with E-state index in [0.29, 0.717) is 5.75 Å². The van der Waals surface area contributed by atoms with Crippen LogP contribution in [0.1, 0.15) is 11.1 Å². The zero-order valence-electron chi connectivity index (χ0n) is 11.9. The molecule has 2 nitrogen and oxygen atoms in total. The van der Waals surface area contributed by atoms with E-state index >= 15 is 0 Å². The summed E-state index contributed by atoms with van der Waals surface area (Å²) in [5.74, 6) is 1.51. The highest BCUT2D eigenvalue weighted by molar-refractivity contribution is 7.99. The molecular weight excluding hydrogens is 266 g/mol. The molecule has 104 valence electrons. The molecule has 0 aliphatic carbocycles. The zero-order chi connectivity index (χ0) is 14.4. The molecule has 0 atom stereocenters. The van der Waals surface area contributed by atoms with Crippen LogP contribution in [-0.4, -0.2) is 18.7 Å². The molecule has 3 heteroatoms. The molecule has 0 saturated heterocycles. The van der Waals surface area contributed by atoms with Crippen molar-refractivity contribution in [1.82, 2.24) is 0 Å². The van der Waals surface area contributed by atoms with Gasteiger partial charge in [0.2, 0.25) is 5.91 Å². The van der Waals surface area contributed by atoms with E-state index in [0.717, 1.165) is 11.4 Å². The third-order valence-corrected chi connectivity index (χ3v) is 4.23. The van der Waals surface area contributed by atoms with Crippen molar-refractivity contribution in [2.45, 2.75) is 12.7 Å². The van der Waals surface area contributed by atoms with Crippen LogP contribution in [0.3, 0.4) is 0 Å². The van der Waals surface area contributed by atoms with E-state index in [1.165, 1.54) is 11.1 Å². The van der Waals surface area contributed by atoms with E-state index in [4.69, 9.17) is 0 Å². The summed E-state index contributed by atoms with van der Waals surface area (Å²) in [4.78, 5) is 13.8. The smallest absolute Gasteiger partial charge is 0.236 e. The fourth-order valence-corrected chi connectivity index (χ4v) is 2.93. The lowest BCUT2D eigenvalue weighted by atomic mass is 10.1. The molecule has 0 spiro atoms. The Balaban J connectivity index is 1.85. The van der Waals surface area contributed by atoms with Gasteiger partial charge in [0.15, 0.2) is 0 Å². The standard InChI is InChI=1S/C17H19NOS/c1-14-8-6-7-9-15(14)12-20-13-17(19)18(2)16-10-4-3-5-11-16/h3-11H,12-13H2,1-2H3. The minimum absolute atomic E-state index is 0.134. The summed E-state index contributed by atoms with van der Waals surface area (Å²) in [7, 11) is 1.83. The number of carbonyl (C=O) groups is 1. The lowest BCUT2D eigenvalue weighted by molar-refractivity contribution is -0.115. The number of hydrogen-bond acceptors (Lipinski definition) is 2. The van der Waals surface area contributed by atoms with Gasteiger partial charge in [0, 0.05) is 18.5 Å². The lowest BCUT2D eigenvalue weighted by Crippen LogP contribution is -2.27. The number of nitrogens with zero attached hydrogens (tertiary/aromatic N) is 1. The maximum Gasteiger partial charge on any atom is 0.236 e. The van der Waals surface area contributed by atoms with Crippen LogP contribution in [0.15, 0.2) is 54.6 Å². The largest absolute Gasteiger partial charge is 0.315 e. The maximum atomic E-state index is 12.1. The van der Waals surface area contributed by atoms with Gasteiger partial charge in [-0.15, -0.1) is 11.8 Å². The van der Waals surface area contributed by atoms with Gasteiger partial charge in [-0.05, 0) is 30.2 Å². The Hall–Kier alpha value is -1.74. The van der Waals surface area contributed by atoms with Crippen molar-refractivity contribution in [2.24, 2.45) is 0 Å². The number of para-hydroxylation sites is 1. The van der Waals surface area contributed by atoms with Crippen LogP contribution >= 0.6 is 11.8 Å². The summed E-state index contributed by atoms with van der Waals surface area (Å²) in [5.41, 5.74) is 3.52. The molecule has 20 heavy (non-hydrogen) atoms. The molecule has 0 saturated carbocycles. The molecular formula is C17H19NOS. The number of hydrogen-bond donors (Lipinski definition) is 0. The van der Waals surface area contributed by atoms with E-state index in [1.54, 1.807) is 16.7 Å². The Bertz CT molecular complexity index is 568. The third kappa shape index (κ3) is 3.87. The van der Waals surface area contributed by atoms with Crippen molar-refractivity contribution in [3.05, 3.63) is 65.7 Å². The molecule has 0 N–H and O–H groups in total. The number of carbonyl (C=O) groups excluding carboxylic acids is 1. The lowest BCUT2D eigenvalue weighted by Gasteiger charge is -2.17. The number of amides is 1. The average Bonchev–Trinajstić information content (AvgIpc) is 2.49. The van der Waals surface area contributed by atoms with Crippen LogP contribution < -0.4 is 4.90 Å². The quantitative estimate of drug-likeness (QED) is 0.830. The summed E-state index contributed by atoms with van der Waals surface area (Å²) in [6.45, 7) is 2.10. The molecule has 2 aromatic rings. The number of aryl methyl sites for hydroxylation is 1. The summed E-state index contributed by atoms with van der Waals surface area (Å²) >= 11 is 1.66. The van der Waals surface area contributed by atoms with Gasteiger partial charge >= 0.3 is 0 Å². The monoisotopic (exact) mass is 285 g/mol. The Kier molecular flexibility index (Phi) is 5.24. The van der Waals surface area contributed by atoms with Crippen molar-refractivity contribution in [2.75, 3.05) is 17.7 Å². The Labute approximate surface area is 124 Å². The van der Waals surface area contributed by atoms with Gasteiger partial charge in [0.05, 0.1) is 5.75 Å². The predicted molar refractivity (Wildman–Crippen MR) is 87.2 cm³/mol. The van der Waals surface area contributed by atoms with Gasteiger partial charge in [-0.2, -0.15) is 0 Å². The van der Waals surface area contributed by atoms with E-state index < -0.39 is 0 Å². The minimum atomic E-state index is 0.134. The Morgan fingerprint density at radius 3 is 2.40 bits per heavy atom. The molecule has 1 amide bonds. The molecule has 0 aliphatic rings. The predicted octanol–water partition coefficient (Wildman–Crippen LogP) is 3.89. The van der Waals surface area contributed by atoms with Crippen molar-refractivity contribution in [1.29, 1.82) is 0 Å². The highest BCUT2D eigenvalue weighted by atomic mass is 32.2. The van der Waals surface area contributed by atoms with E-state index in [-0.39, 0.29) is 5.91 Å². The molecule has 2 aromatic carbocycles. The van der Waals surface area contributed by atoms with Crippen LogP contribution in [0.5, 0.6) is 0 Å². The first kappa shape index (κ1) is 14.7.